The third kappa shape index (κ3) is 3.33. The first kappa shape index (κ1) is 13.6. The van der Waals surface area contributed by atoms with E-state index in [2.05, 4.69) is 43.0 Å². The van der Waals surface area contributed by atoms with Crippen LogP contribution in [0.1, 0.15) is 43.9 Å². The highest BCUT2D eigenvalue weighted by Gasteiger charge is 2.27. The highest BCUT2D eigenvalue weighted by molar-refractivity contribution is 5.25. The molecule has 1 aliphatic carbocycles. The molecule has 1 unspecified atom stereocenters. The Balaban J connectivity index is 2.08. The molecule has 0 amide bonds. The number of benzene rings is 1. The zero-order valence-electron chi connectivity index (χ0n) is 11.7. The summed E-state index contributed by atoms with van der Waals surface area (Å²) in [6, 6.07) is 9.38. The monoisotopic (exact) mass is 246 g/mol. The lowest BCUT2D eigenvalue weighted by atomic mass is 10.0. The highest BCUT2D eigenvalue weighted by Crippen LogP contribution is 2.32. The quantitative estimate of drug-likeness (QED) is 0.801. The Bertz CT molecular complexity index is 354. The van der Waals surface area contributed by atoms with Crippen LogP contribution in [0.2, 0.25) is 0 Å². The van der Waals surface area contributed by atoms with E-state index in [1.165, 1.54) is 30.5 Å². The van der Waals surface area contributed by atoms with E-state index in [1.807, 2.05) is 0 Å². The summed E-state index contributed by atoms with van der Waals surface area (Å²) in [4.78, 5) is 2.54. The van der Waals surface area contributed by atoms with Gasteiger partial charge in [-0.2, -0.15) is 0 Å². The summed E-state index contributed by atoms with van der Waals surface area (Å²) in [5, 5.41) is 0. The van der Waals surface area contributed by atoms with Gasteiger partial charge in [-0.1, -0.05) is 38.1 Å². The van der Waals surface area contributed by atoms with Crippen LogP contribution < -0.4 is 5.73 Å². The van der Waals surface area contributed by atoms with Crippen LogP contribution in [0.15, 0.2) is 24.3 Å². The molecule has 1 atom stereocenters. The van der Waals surface area contributed by atoms with Crippen LogP contribution in [-0.4, -0.2) is 24.5 Å². The maximum Gasteiger partial charge on any atom is 0.0470 e. The van der Waals surface area contributed by atoms with Crippen molar-refractivity contribution >= 4 is 0 Å². The molecular weight excluding hydrogens is 220 g/mol. The molecule has 0 spiro atoms. The van der Waals surface area contributed by atoms with Crippen molar-refractivity contribution in [2.45, 2.75) is 39.2 Å². The molecule has 2 N–H and O–H groups in total. The van der Waals surface area contributed by atoms with Gasteiger partial charge in [-0.05, 0) is 42.9 Å². The van der Waals surface area contributed by atoms with Crippen molar-refractivity contribution < 1.29 is 0 Å². The summed E-state index contributed by atoms with van der Waals surface area (Å²) in [5.41, 5.74) is 8.78. The molecule has 0 aliphatic heterocycles. The fourth-order valence-corrected chi connectivity index (χ4v) is 2.58. The zero-order valence-corrected chi connectivity index (χ0v) is 11.7. The van der Waals surface area contributed by atoms with Gasteiger partial charge in [0.1, 0.15) is 0 Å². The Morgan fingerprint density at radius 3 is 2.33 bits per heavy atom. The fourth-order valence-electron chi connectivity index (χ4n) is 2.58. The first-order valence-electron chi connectivity index (χ1n) is 7.31. The molecule has 2 heteroatoms. The Labute approximate surface area is 111 Å². The molecule has 18 heavy (non-hydrogen) atoms. The second-order valence-electron chi connectivity index (χ2n) is 5.38. The smallest absolute Gasteiger partial charge is 0.0470 e. The Morgan fingerprint density at radius 2 is 1.89 bits per heavy atom. The van der Waals surface area contributed by atoms with E-state index < -0.39 is 0 Å². The van der Waals surface area contributed by atoms with Gasteiger partial charge < -0.3 is 5.73 Å². The van der Waals surface area contributed by atoms with E-state index >= 15 is 0 Å². The van der Waals surface area contributed by atoms with Crippen LogP contribution in [0.5, 0.6) is 0 Å². The van der Waals surface area contributed by atoms with Gasteiger partial charge in [0, 0.05) is 19.1 Å². The summed E-state index contributed by atoms with van der Waals surface area (Å²) in [7, 11) is 0. The SMILES string of the molecule is CCc1ccc(C(CN)N(CC)CC2CC2)cc1. The molecule has 1 fully saturated rings. The number of aryl methyl sites for hydroxylation is 1. The highest BCUT2D eigenvalue weighted by atomic mass is 15.2. The van der Waals surface area contributed by atoms with Crippen LogP contribution in [0.25, 0.3) is 0 Å². The maximum absolute atomic E-state index is 6.01. The van der Waals surface area contributed by atoms with Gasteiger partial charge in [0.2, 0.25) is 0 Å². The number of hydrogen-bond donors (Lipinski definition) is 1. The lowest BCUT2D eigenvalue weighted by Gasteiger charge is -2.30. The minimum absolute atomic E-state index is 0.390. The summed E-state index contributed by atoms with van der Waals surface area (Å²) in [5.74, 6) is 0.925. The van der Waals surface area contributed by atoms with Crippen LogP contribution in [-0.2, 0) is 6.42 Å². The molecule has 0 radical (unpaired) electrons. The molecule has 0 heterocycles. The Hall–Kier alpha value is -0.860. The van der Waals surface area contributed by atoms with Crippen molar-refractivity contribution in [2.75, 3.05) is 19.6 Å². The van der Waals surface area contributed by atoms with Crippen molar-refractivity contribution in [2.24, 2.45) is 11.7 Å². The molecule has 2 rings (SSSR count). The second kappa shape index (κ2) is 6.35. The first-order valence-corrected chi connectivity index (χ1v) is 7.31. The van der Waals surface area contributed by atoms with Gasteiger partial charge in [0.05, 0.1) is 0 Å². The van der Waals surface area contributed by atoms with Crippen molar-refractivity contribution in [3.63, 3.8) is 0 Å². The van der Waals surface area contributed by atoms with Gasteiger partial charge in [0.15, 0.2) is 0 Å². The largest absolute Gasteiger partial charge is 0.329 e. The lowest BCUT2D eigenvalue weighted by Crippen LogP contribution is -2.35. The molecule has 1 saturated carbocycles. The van der Waals surface area contributed by atoms with Gasteiger partial charge in [0.25, 0.3) is 0 Å². The number of rotatable bonds is 7. The number of nitrogens with two attached hydrogens (primary N) is 1. The van der Waals surface area contributed by atoms with E-state index in [1.54, 1.807) is 0 Å². The zero-order chi connectivity index (χ0) is 13.0. The summed E-state index contributed by atoms with van der Waals surface area (Å²) >= 11 is 0. The number of nitrogens with zero attached hydrogens (tertiary/aromatic N) is 1. The van der Waals surface area contributed by atoms with Gasteiger partial charge in [-0.15, -0.1) is 0 Å². The van der Waals surface area contributed by atoms with Crippen molar-refractivity contribution in [3.05, 3.63) is 35.4 Å². The topological polar surface area (TPSA) is 29.3 Å². The molecule has 2 nitrogen and oxygen atoms in total. The van der Waals surface area contributed by atoms with Crippen LogP contribution in [0.3, 0.4) is 0 Å². The fraction of sp³-hybridized carbons (Fsp3) is 0.625. The molecule has 0 aromatic heterocycles. The normalized spacial score (nSPS) is 17.1. The van der Waals surface area contributed by atoms with E-state index in [0.717, 1.165) is 18.9 Å². The minimum Gasteiger partial charge on any atom is -0.329 e. The van der Waals surface area contributed by atoms with E-state index in [4.69, 9.17) is 5.73 Å². The standard InChI is InChI=1S/C16H26N2/c1-3-13-7-9-15(10-8-13)16(11-17)18(4-2)12-14-5-6-14/h7-10,14,16H,3-6,11-12,17H2,1-2H3. The van der Waals surface area contributed by atoms with Crippen LogP contribution in [0.4, 0.5) is 0 Å². The predicted molar refractivity (Wildman–Crippen MR) is 77.6 cm³/mol. The van der Waals surface area contributed by atoms with Crippen LogP contribution in [0, 0.1) is 5.92 Å². The Kier molecular flexibility index (Phi) is 4.79. The molecule has 1 aliphatic rings. The molecule has 100 valence electrons. The average Bonchev–Trinajstić information content (AvgIpc) is 3.23. The van der Waals surface area contributed by atoms with Gasteiger partial charge in [-0.25, -0.2) is 0 Å². The van der Waals surface area contributed by atoms with Crippen molar-refractivity contribution in [3.8, 4) is 0 Å². The molecule has 1 aromatic rings. The maximum atomic E-state index is 6.01. The Morgan fingerprint density at radius 1 is 1.22 bits per heavy atom. The average molecular weight is 246 g/mol. The summed E-state index contributed by atoms with van der Waals surface area (Å²) in [6.07, 6.45) is 3.91. The third-order valence-corrected chi connectivity index (χ3v) is 4.03. The first-order chi connectivity index (χ1) is 8.78. The molecule has 0 bridgehead atoms. The van der Waals surface area contributed by atoms with Gasteiger partial charge in [-0.3, -0.25) is 4.90 Å². The van der Waals surface area contributed by atoms with E-state index in [9.17, 15) is 0 Å². The molecule has 0 saturated heterocycles. The van der Waals surface area contributed by atoms with Crippen molar-refractivity contribution in [1.82, 2.24) is 4.90 Å². The number of likely N-dealkylation sites (N-methyl/N-ethyl adjacent to an activating group) is 1. The minimum atomic E-state index is 0.390. The predicted octanol–water partition coefficient (Wildman–Crippen LogP) is 2.98. The summed E-state index contributed by atoms with van der Waals surface area (Å²) < 4.78 is 0. The molecule has 1 aromatic carbocycles. The van der Waals surface area contributed by atoms with E-state index in [-0.39, 0.29) is 0 Å². The van der Waals surface area contributed by atoms with E-state index in [0.29, 0.717) is 12.6 Å². The van der Waals surface area contributed by atoms with Gasteiger partial charge >= 0.3 is 0 Å². The number of hydrogen-bond acceptors (Lipinski definition) is 2. The summed E-state index contributed by atoms with van der Waals surface area (Å²) in [6.45, 7) is 7.46. The molecular formula is C16H26N2. The van der Waals surface area contributed by atoms with Crippen molar-refractivity contribution in [1.29, 1.82) is 0 Å². The lowest BCUT2D eigenvalue weighted by molar-refractivity contribution is 0.203. The third-order valence-electron chi connectivity index (χ3n) is 4.03. The second-order valence-corrected chi connectivity index (χ2v) is 5.38. The van der Waals surface area contributed by atoms with Crippen LogP contribution >= 0.6 is 0 Å².